The second-order valence-corrected chi connectivity index (χ2v) is 10.00. The van der Waals surface area contributed by atoms with Gasteiger partial charge in [0, 0.05) is 18.2 Å². The minimum absolute atomic E-state index is 0.0189. The van der Waals surface area contributed by atoms with Crippen LogP contribution in [-0.4, -0.2) is 36.1 Å². The van der Waals surface area contributed by atoms with Gasteiger partial charge in [-0.25, -0.2) is 4.68 Å². The molecule has 2 aliphatic rings. The maximum atomic E-state index is 13.2. The molecule has 0 radical (unpaired) electrons. The maximum Gasteiger partial charge on any atom is 0.252 e. The molecule has 176 valence electrons. The van der Waals surface area contributed by atoms with Crippen molar-refractivity contribution in [1.82, 2.24) is 30.1 Å². The Kier molecular flexibility index (Phi) is 6.58. The summed E-state index contributed by atoms with van der Waals surface area (Å²) in [5.41, 5.74) is 2.89. The van der Waals surface area contributed by atoms with Gasteiger partial charge in [-0.1, -0.05) is 57.2 Å². The van der Waals surface area contributed by atoms with Crippen molar-refractivity contribution in [3.8, 4) is 0 Å². The van der Waals surface area contributed by atoms with Gasteiger partial charge >= 0.3 is 0 Å². The number of nitrogens with zero attached hydrogens (tertiary/aromatic N) is 5. The van der Waals surface area contributed by atoms with Crippen molar-refractivity contribution in [3.63, 3.8) is 0 Å². The molecule has 0 unspecified atom stereocenters. The van der Waals surface area contributed by atoms with Crippen LogP contribution in [0.2, 0.25) is 0 Å². The average Bonchev–Trinajstić information content (AvgIpc) is 3.59. The topological polar surface area (TPSA) is 79.7 Å². The number of aryl methyl sites for hydroxylation is 1. The Balaban J connectivity index is 1.53. The van der Waals surface area contributed by atoms with Crippen LogP contribution in [-0.2, 0) is 6.54 Å². The third kappa shape index (κ3) is 4.47. The number of hydrogen-bond acceptors (Lipinski definition) is 5. The van der Waals surface area contributed by atoms with Crippen LogP contribution in [0.4, 0.5) is 0 Å². The zero-order valence-electron chi connectivity index (χ0n) is 20.0. The molecule has 7 nitrogen and oxygen atoms in total. The Morgan fingerprint density at radius 1 is 1.15 bits per heavy atom. The van der Waals surface area contributed by atoms with Crippen molar-refractivity contribution in [2.45, 2.75) is 103 Å². The second kappa shape index (κ2) is 9.75. The summed E-state index contributed by atoms with van der Waals surface area (Å²) in [6.45, 7) is 4.91. The van der Waals surface area contributed by atoms with Crippen LogP contribution in [0.25, 0.3) is 10.9 Å². The molecule has 3 aromatic rings. The Morgan fingerprint density at radius 3 is 2.67 bits per heavy atom. The highest BCUT2D eigenvalue weighted by Gasteiger charge is 2.34. The van der Waals surface area contributed by atoms with Crippen molar-refractivity contribution in [1.29, 1.82) is 0 Å². The molecule has 1 N–H and O–H groups in total. The molecule has 2 fully saturated rings. The molecule has 0 aliphatic heterocycles. The Hall–Kier alpha value is -2.54. The Bertz CT molecular complexity index is 1140. The van der Waals surface area contributed by atoms with E-state index in [0.717, 1.165) is 53.5 Å². The molecule has 0 bridgehead atoms. The van der Waals surface area contributed by atoms with Gasteiger partial charge in [0.2, 0.25) is 0 Å². The summed E-state index contributed by atoms with van der Waals surface area (Å²) in [5.74, 6) is 0.990. The summed E-state index contributed by atoms with van der Waals surface area (Å²) in [6.07, 6.45) is 11.7. The predicted octanol–water partition coefficient (Wildman–Crippen LogP) is 5.22. The van der Waals surface area contributed by atoms with Gasteiger partial charge < -0.3 is 4.98 Å². The van der Waals surface area contributed by atoms with E-state index in [1.165, 1.54) is 38.5 Å². The van der Waals surface area contributed by atoms with Crippen LogP contribution >= 0.6 is 0 Å². The summed E-state index contributed by atoms with van der Waals surface area (Å²) >= 11 is 0. The van der Waals surface area contributed by atoms with E-state index in [9.17, 15) is 4.79 Å². The SMILES string of the molecule is CCC[C@@H](c1nnnn1C1CCCC1)N(Cc1cc2cccc(C)c2[nH]c1=O)C1CCCC1. The van der Waals surface area contributed by atoms with E-state index in [1.807, 2.05) is 13.0 Å². The fourth-order valence-corrected chi connectivity index (χ4v) is 6.02. The second-order valence-electron chi connectivity index (χ2n) is 10.00. The van der Waals surface area contributed by atoms with Gasteiger partial charge in [-0.2, -0.15) is 0 Å². The standard InChI is InChI=1S/C26H36N6O/c1-3-9-23(25-28-29-30-32(25)22-14-6-7-15-22)31(21-12-4-5-13-21)17-20-16-19-11-8-10-18(2)24(19)27-26(20)33/h8,10-11,16,21-23H,3-7,9,12-15,17H2,1-2H3,(H,27,33)/t23-/m0/s1. The summed E-state index contributed by atoms with van der Waals surface area (Å²) in [6, 6.07) is 9.28. The molecule has 0 amide bonds. The number of hydrogen-bond donors (Lipinski definition) is 1. The van der Waals surface area contributed by atoms with Crippen LogP contribution in [0, 0.1) is 6.92 Å². The van der Waals surface area contributed by atoms with Crippen LogP contribution < -0.4 is 5.56 Å². The van der Waals surface area contributed by atoms with E-state index in [1.54, 1.807) is 0 Å². The fourth-order valence-electron chi connectivity index (χ4n) is 6.02. The summed E-state index contributed by atoms with van der Waals surface area (Å²) in [7, 11) is 0. The van der Waals surface area contributed by atoms with Gasteiger partial charge in [0.1, 0.15) is 0 Å². The minimum Gasteiger partial charge on any atom is -0.321 e. The number of tetrazole rings is 1. The van der Waals surface area contributed by atoms with Crippen molar-refractivity contribution in [3.05, 3.63) is 51.6 Å². The lowest BCUT2D eigenvalue weighted by atomic mass is 10.0. The van der Waals surface area contributed by atoms with Gasteiger partial charge in [-0.15, -0.1) is 5.10 Å². The van der Waals surface area contributed by atoms with Crippen LogP contribution in [0.1, 0.15) is 100 Å². The Morgan fingerprint density at radius 2 is 1.91 bits per heavy atom. The molecule has 0 saturated heterocycles. The fraction of sp³-hybridized carbons (Fsp3) is 0.615. The number of rotatable bonds is 8. The first-order valence-electron chi connectivity index (χ1n) is 12.8. The van der Waals surface area contributed by atoms with Crippen molar-refractivity contribution >= 4 is 10.9 Å². The summed E-state index contributed by atoms with van der Waals surface area (Å²) in [4.78, 5) is 18.9. The van der Waals surface area contributed by atoms with Gasteiger partial charge in [0.05, 0.1) is 17.6 Å². The van der Waals surface area contributed by atoms with Gasteiger partial charge in [0.15, 0.2) is 5.82 Å². The molecule has 7 heteroatoms. The predicted molar refractivity (Wildman–Crippen MR) is 130 cm³/mol. The molecule has 2 heterocycles. The molecule has 2 aromatic heterocycles. The number of H-pyrrole nitrogens is 1. The van der Waals surface area contributed by atoms with Crippen molar-refractivity contribution < 1.29 is 0 Å². The number of pyridine rings is 1. The summed E-state index contributed by atoms with van der Waals surface area (Å²) < 4.78 is 2.11. The van der Waals surface area contributed by atoms with Crippen molar-refractivity contribution in [2.75, 3.05) is 0 Å². The van der Waals surface area contributed by atoms with E-state index >= 15 is 0 Å². The normalized spacial score (nSPS) is 18.6. The Labute approximate surface area is 195 Å². The van der Waals surface area contributed by atoms with E-state index in [2.05, 4.69) is 55.2 Å². The highest BCUT2D eigenvalue weighted by Crippen LogP contribution is 2.37. The van der Waals surface area contributed by atoms with E-state index < -0.39 is 0 Å². The molecule has 1 atom stereocenters. The maximum absolute atomic E-state index is 13.2. The van der Waals surface area contributed by atoms with Crippen LogP contribution in [0.3, 0.4) is 0 Å². The van der Waals surface area contributed by atoms with Gasteiger partial charge in [-0.05, 0) is 66.5 Å². The quantitative estimate of drug-likeness (QED) is 0.511. The first kappa shape index (κ1) is 22.3. The first-order valence-corrected chi connectivity index (χ1v) is 12.8. The molecule has 0 spiro atoms. The molecular formula is C26H36N6O. The number of aromatic nitrogens is 5. The van der Waals surface area contributed by atoms with Crippen LogP contribution in [0.15, 0.2) is 29.1 Å². The molecule has 5 rings (SSSR count). The smallest absolute Gasteiger partial charge is 0.252 e. The molecule has 2 aliphatic carbocycles. The van der Waals surface area contributed by atoms with E-state index in [-0.39, 0.29) is 11.6 Å². The lowest BCUT2D eigenvalue weighted by Gasteiger charge is -2.36. The highest BCUT2D eigenvalue weighted by atomic mass is 16.1. The van der Waals surface area contributed by atoms with E-state index in [0.29, 0.717) is 18.6 Å². The van der Waals surface area contributed by atoms with Crippen LogP contribution in [0.5, 0.6) is 0 Å². The summed E-state index contributed by atoms with van der Waals surface area (Å²) in [5, 5.41) is 14.2. The number of para-hydroxylation sites is 1. The number of nitrogens with one attached hydrogen (secondary N) is 1. The third-order valence-electron chi connectivity index (χ3n) is 7.76. The third-order valence-corrected chi connectivity index (χ3v) is 7.76. The molecular weight excluding hydrogens is 412 g/mol. The van der Waals surface area contributed by atoms with E-state index in [4.69, 9.17) is 0 Å². The largest absolute Gasteiger partial charge is 0.321 e. The number of benzene rings is 1. The zero-order chi connectivity index (χ0) is 22.8. The zero-order valence-corrected chi connectivity index (χ0v) is 20.0. The minimum atomic E-state index is 0.0189. The highest BCUT2D eigenvalue weighted by molar-refractivity contribution is 5.81. The number of fused-ring (bicyclic) bond motifs is 1. The monoisotopic (exact) mass is 448 g/mol. The first-order chi connectivity index (χ1) is 16.2. The number of aromatic amines is 1. The van der Waals surface area contributed by atoms with Gasteiger partial charge in [-0.3, -0.25) is 9.69 Å². The molecule has 1 aromatic carbocycles. The molecule has 2 saturated carbocycles. The molecule has 33 heavy (non-hydrogen) atoms. The lowest BCUT2D eigenvalue weighted by molar-refractivity contribution is 0.106. The average molecular weight is 449 g/mol. The van der Waals surface area contributed by atoms with Gasteiger partial charge in [0.25, 0.3) is 5.56 Å². The lowest BCUT2D eigenvalue weighted by Crippen LogP contribution is -2.39. The van der Waals surface area contributed by atoms with Crippen molar-refractivity contribution in [2.24, 2.45) is 0 Å².